The molecule has 3 unspecified atom stereocenters. The average Bonchev–Trinajstić information content (AvgIpc) is 2.73. The van der Waals surface area contributed by atoms with Gasteiger partial charge in [0.25, 0.3) is 0 Å². The van der Waals surface area contributed by atoms with E-state index in [9.17, 15) is 0 Å². The van der Waals surface area contributed by atoms with Gasteiger partial charge < -0.3 is 0 Å². The summed E-state index contributed by atoms with van der Waals surface area (Å²) in [7, 11) is 0. The third-order valence-corrected chi connectivity index (χ3v) is 7.03. The lowest BCUT2D eigenvalue weighted by molar-refractivity contribution is 0.343. The first kappa shape index (κ1) is 16.4. The van der Waals surface area contributed by atoms with Crippen LogP contribution in [0.4, 0.5) is 0 Å². The van der Waals surface area contributed by atoms with Gasteiger partial charge in [-0.15, -0.1) is 0 Å². The van der Waals surface area contributed by atoms with E-state index in [4.69, 9.17) is 0 Å². The minimum absolute atomic E-state index is 0.579. The van der Waals surface area contributed by atoms with Crippen molar-refractivity contribution in [2.75, 3.05) is 0 Å². The zero-order valence-corrected chi connectivity index (χ0v) is 15.8. The molecule has 0 nitrogen and oxygen atoms in total. The fourth-order valence-electron chi connectivity index (χ4n) is 5.88. The zero-order valence-electron chi connectivity index (χ0n) is 15.8. The summed E-state index contributed by atoms with van der Waals surface area (Å²) in [5.74, 6) is 1.93. The molecule has 5 aliphatic rings. The van der Waals surface area contributed by atoms with Crippen LogP contribution in [0, 0.1) is 17.8 Å². The highest BCUT2D eigenvalue weighted by atomic mass is 14.5. The third kappa shape index (κ3) is 2.75. The summed E-state index contributed by atoms with van der Waals surface area (Å²) in [5, 5.41) is 0. The van der Waals surface area contributed by atoms with Crippen LogP contribution in [0.25, 0.3) is 0 Å². The predicted octanol–water partition coefficient (Wildman–Crippen LogP) is 7.16. The Morgan fingerprint density at radius 3 is 2.54 bits per heavy atom. The van der Waals surface area contributed by atoms with E-state index in [-0.39, 0.29) is 0 Å². The molecule has 0 saturated carbocycles. The molecular weight excluding hydrogens is 312 g/mol. The van der Waals surface area contributed by atoms with Crippen molar-refractivity contribution in [3.63, 3.8) is 0 Å². The molecule has 0 aromatic rings. The summed E-state index contributed by atoms with van der Waals surface area (Å²) in [4.78, 5) is 0. The van der Waals surface area contributed by atoms with Crippen LogP contribution in [0.2, 0.25) is 0 Å². The van der Waals surface area contributed by atoms with Gasteiger partial charge in [-0.05, 0) is 91.9 Å². The molecule has 0 bridgehead atoms. The van der Waals surface area contributed by atoms with Gasteiger partial charge in [-0.25, -0.2) is 0 Å². The van der Waals surface area contributed by atoms with Crippen molar-refractivity contribution < 1.29 is 0 Å². The highest BCUT2D eigenvalue weighted by Crippen LogP contribution is 2.53. The van der Waals surface area contributed by atoms with Crippen LogP contribution in [0.15, 0.2) is 82.5 Å². The van der Waals surface area contributed by atoms with Crippen LogP contribution in [0.3, 0.4) is 0 Å². The van der Waals surface area contributed by atoms with E-state index in [0.29, 0.717) is 17.8 Å². The second-order valence-electron chi connectivity index (χ2n) is 8.52. The molecule has 0 fully saturated rings. The Morgan fingerprint density at radius 2 is 1.73 bits per heavy atom. The van der Waals surface area contributed by atoms with Gasteiger partial charge in [-0.2, -0.15) is 0 Å². The molecule has 0 aromatic carbocycles. The van der Waals surface area contributed by atoms with Crippen molar-refractivity contribution >= 4 is 0 Å². The van der Waals surface area contributed by atoms with E-state index in [0.717, 1.165) is 0 Å². The van der Waals surface area contributed by atoms with Gasteiger partial charge in [0.1, 0.15) is 0 Å². The lowest BCUT2D eigenvalue weighted by atomic mass is 9.59. The van der Waals surface area contributed by atoms with Gasteiger partial charge in [0.05, 0.1) is 0 Å². The SMILES string of the molecule is C1=CCC2C(=C1)C(C1=CCCCC1)=C1C=CC=CC1C2C1=CCCCC1. The van der Waals surface area contributed by atoms with E-state index >= 15 is 0 Å². The lowest BCUT2D eigenvalue weighted by Crippen LogP contribution is -2.34. The molecule has 0 aromatic heterocycles. The maximum atomic E-state index is 2.60. The molecule has 0 heterocycles. The van der Waals surface area contributed by atoms with Gasteiger partial charge in [0.2, 0.25) is 0 Å². The molecule has 0 heteroatoms. The van der Waals surface area contributed by atoms with Gasteiger partial charge >= 0.3 is 0 Å². The van der Waals surface area contributed by atoms with Gasteiger partial charge in [0.15, 0.2) is 0 Å². The number of hydrogen-bond acceptors (Lipinski definition) is 0. The third-order valence-electron chi connectivity index (χ3n) is 7.03. The largest absolute Gasteiger partial charge is 0.0850 e. The van der Waals surface area contributed by atoms with Gasteiger partial charge in [0, 0.05) is 5.92 Å². The van der Waals surface area contributed by atoms with Gasteiger partial charge in [-0.1, -0.05) is 60.3 Å². The molecule has 26 heavy (non-hydrogen) atoms. The van der Waals surface area contributed by atoms with E-state index in [1.54, 1.807) is 27.9 Å². The fraction of sp³-hybridized carbons (Fsp3) is 0.462. The summed E-state index contributed by atoms with van der Waals surface area (Å²) in [6.45, 7) is 0. The first-order chi connectivity index (χ1) is 12.9. The van der Waals surface area contributed by atoms with E-state index in [1.165, 1.54) is 57.8 Å². The van der Waals surface area contributed by atoms with Crippen LogP contribution in [0.5, 0.6) is 0 Å². The molecular formula is C26H30. The van der Waals surface area contributed by atoms with Crippen LogP contribution < -0.4 is 0 Å². The molecule has 0 saturated heterocycles. The lowest BCUT2D eigenvalue weighted by Gasteiger charge is -2.45. The number of rotatable bonds is 2. The highest BCUT2D eigenvalue weighted by Gasteiger charge is 2.42. The van der Waals surface area contributed by atoms with E-state index < -0.39 is 0 Å². The molecule has 3 atom stereocenters. The molecule has 0 amide bonds. The zero-order chi connectivity index (χ0) is 17.3. The summed E-state index contributed by atoms with van der Waals surface area (Å²) in [6, 6.07) is 0. The first-order valence-electron chi connectivity index (χ1n) is 10.8. The fourth-order valence-corrected chi connectivity index (χ4v) is 5.88. The monoisotopic (exact) mass is 342 g/mol. The Labute approximate surface area is 158 Å². The summed E-state index contributed by atoms with van der Waals surface area (Å²) in [5.41, 5.74) is 8.26. The molecule has 134 valence electrons. The maximum absolute atomic E-state index is 2.60. The first-order valence-corrected chi connectivity index (χ1v) is 10.8. The van der Waals surface area contributed by atoms with Crippen molar-refractivity contribution in [2.45, 2.75) is 57.8 Å². The summed E-state index contributed by atoms with van der Waals surface area (Å²) in [6.07, 6.45) is 33.6. The maximum Gasteiger partial charge on any atom is 0.00987 e. The van der Waals surface area contributed by atoms with Crippen molar-refractivity contribution in [3.8, 4) is 0 Å². The van der Waals surface area contributed by atoms with Gasteiger partial charge in [-0.3, -0.25) is 0 Å². The minimum Gasteiger partial charge on any atom is -0.0850 e. The topological polar surface area (TPSA) is 0 Å². The summed E-state index contributed by atoms with van der Waals surface area (Å²) < 4.78 is 0. The smallest absolute Gasteiger partial charge is 0.00987 e. The van der Waals surface area contributed by atoms with Crippen LogP contribution in [-0.2, 0) is 0 Å². The minimum atomic E-state index is 0.579. The Balaban J connectivity index is 1.67. The van der Waals surface area contributed by atoms with Crippen molar-refractivity contribution in [1.82, 2.24) is 0 Å². The normalized spacial score (nSPS) is 33.2. The molecule has 5 aliphatic carbocycles. The average molecular weight is 343 g/mol. The molecule has 0 aliphatic heterocycles. The predicted molar refractivity (Wildman–Crippen MR) is 111 cm³/mol. The molecule has 0 spiro atoms. The van der Waals surface area contributed by atoms with Crippen LogP contribution in [0.1, 0.15) is 57.8 Å². The quantitative estimate of drug-likeness (QED) is 0.467. The Kier molecular flexibility index (Phi) is 4.44. The Hall–Kier alpha value is -1.82. The van der Waals surface area contributed by atoms with Crippen molar-refractivity contribution in [3.05, 3.63) is 82.5 Å². The highest BCUT2D eigenvalue weighted by molar-refractivity contribution is 5.61. The van der Waals surface area contributed by atoms with Crippen LogP contribution in [-0.4, -0.2) is 0 Å². The van der Waals surface area contributed by atoms with Crippen LogP contribution >= 0.6 is 0 Å². The standard InChI is InChI=1S/C26H30/c1-3-11-19(12-4-1)25-21-15-7-9-17-23(21)26(20-13-5-2-6-14-20)24-18-10-8-16-22(24)25/h7-11,13,15-17,23-24,26H,1-6,12,14,18H2. The Morgan fingerprint density at radius 1 is 0.846 bits per heavy atom. The van der Waals surface area contributed by atoms with E-state index in [1.807, 2.05) is 0 Å². The number of allylic oxidation sites excluding steroid dienone is 14. The summed E-state index contributed by atoms with van der Waals surface area (Å²) >= 11 is 0. The van der Waals surface area contributed by atoms with Crippen molar-refractivity contribution in [1.29, 1.82) is 0 Å². The second-order valence-corrected chi connectivity index (χ2v) is 8.52. The van der Waals surface area contributed by atoms with E-state index in [2.05, 4.69) is 54.7 Å². The number of hydrogen-bond donors (Lipinski definition) is 0. The molecule has 0 N–H and O–H groups in total. The number of fused-ring (bicyclic) bond motifs is 2. The second kappa shape index (κ2) is 7.06. The van der Waals surface area contributed by atoms with Crippen molar-refractivity contribution in [2.24, 2.45) is 17.8 Å². The molecule has 5 rings (SSSR count). The molecule has 0 radical (unpaired) electrons. The Bertz CT molecular complexity index is 790.